The van der Waals surface area contributed by atoms with Crippen LogP contribution < -0.4 is 10.6 Å². The number of hydrogen-bond donors (Lipinski definition) is 3. The molecule has 5 nitrogen and oxygen atoms in total. The number of aryl methyl sites for hydroxylation is 2. The molecule has 0 unspecified atom stereocenters. The molecular formula is C14H21N3O2S. The molecule has 0 aromatic carbocycles. The predicted molar refractivity (Wildman–Crippen MR) is 79.9 cm³/mol. The lowest BCUT2D eigenvalue weighted by molar-refractivity contribution is 0.231. The van der Waals surface area contributed by atoms with Crippen molar-refractivity contribution in [3.63, 3.8) is 0 Å². The number of carbonyl (C=O) groups excluding carboxylic acids is 1. The van der Waals surface area contributed by atoms with Crippen molar-refractivity contribution in [3.8, 4) is 0 Å². The van der Waals surface area contributed by atoms with E-state index < -0.39 is 0 Å². The maximum Gasteiger partial charge on any atom is 0.315 e. The average Bonchev–Trinajstić information content (AvgIpc) is 2.97. The summed E-state index contributed by atoms with van der Waals surface area (Å²) >= 11 is 1.68. The minimum absolute atomic E-state index is 0.0245. The van der Waals surface area contributed by atoms with Crippen LogP contribution in [-0.2, 0) is 6.42 Å². The van der Waals surface area contributed by atoms with Crippen molar-refractivity contribution < 1.29 is 9.90 Å². The van der Waals surface area contributed by atoms with Gasteiger partial charge in [-0.05, 0) is 20.3 Å². The van der Waals surface area contributed by atoms with Crippen LogP contribution in [0.5, 0.6) is 0 Å². The van der Waals surface area contributed by atoms with Gasteiger partial charge in [-0.25, -0.2) is 9.78 Å². The third-order valence-corrected chi connectivity index (χ3v) is 4.55. The Morgan fingerprint density at radius 2 is 2.30 bits per heavy atom. The second kappa shape index (κ2) is 6.85. The summed E-state index contributed by atoms with van der Waals surface area (Å²) in [7, 11) is 0. The molecular weight excluding hydrogens is 274 g/mol. The molecule has 2 amide bonds. The molecule has 0 fully saturated rings. The van der Waals surface area contributed by atoms with E-state index >= 15 is 0 Å². The standard InChI is InChI=1S/C14H21N3O2S/c1-9-10(2)20-13(16-9)5-6-15-14(19)17-12-4-3-11(7-12)8-18/h3-4,11-12,18H,5-8H2,1-2H3,(H2,15,17,19)/t11-,12+/m0/s1. The summed E-state index contributed by atoms with van der Waals surface area (Å²) in [5.41, 5.74) is 1.07. The summed E-state index contributed by atoms with van der Waals surface area (Å²) in [6.07, 6.45) is 5.42. The van der Waals surface area contributed by atoms with E-state index in [1.165, 1.54) is 4.88 Å². The van der Waals surface area contributed by atoms with Crippen LogP contribution in [0.2, 0.25) is 0 Å². The Hall–Kier alpha value is -1.40. The molecule has 20 heavy (non-hydrogen) atoms. The number of nitrogens with one attached hydrogen (secondary N) is 2. The van der Waals surface area contributed by atoms with Gasteiger partial charge in [0.2, 0.25) is 0 Å². The van der Waals surface area contributed by atoms with Gasteiger partial charge in [0, 0.05) is 36.4 Å². The van der Waals surface area contributed by atoms with E-state index in [0.717, 1.165) is 23.5 Å². The van der Waals surface area contributed by atoms with Gasteiger partial charge >= 0.3 is 6.03 Å². The normalized spacial score (nSPS) is 21.1. The Bertz CT molecular complexity index is 479. The maximum absolute atomic E-state index is 11.7. The Balaban J connectivity index is 1.67. The first-order valence-electron chi connectivity index (χ1n) is 6.85. The van der Waals surface area contributed by atoms with Crippen LogP contribution in [-0.4, -0.2) is 35.3 Å². The molecule has 110 valence electrons. The van der Waals surface area contributed by atoms with Gasteiger partial charge in [-0.15, -0.1) is 11.3 Å². The Morgan fingerprint density at radius 3 is 2.90 bits per heavy atom. The number of aromatic nitrogens is 1. The lowest BCUT2D eigenvalue weighted by atomic mass is 10.1. The van der Waals surface area contributed by atoms with E-state index in [9.17, 15) is 4.79 Å². The average molecular weight is 295 g/mol. The van der Waals surface area contributed by atoms with Crippen LogP contribution in [0.1, 0.15) is 22.0 Å². The van der Waals surface area contributed by atoms with Crippen LogP contribution in [0.25, 0.3) is 0 Å². The molecule has 0 bridgehead atoms. The van der Waals surface area contributed by atoms with E-state index in [-0.39, 0.29) is 24.6 Å². The van der Waals surface area contributed by atoms with Gasteiger partial charge in [-0.3, -0.25) is 0 Å². The van der Waals surface area contributed by atoms with E-state index in [0.29, 0.717) is 6.54 Å². The molecule has 0 spiro atoms. The molecule has 3 N–H and O–H groups in total. The number of aliphatic hydroxyl groups excluding tert-OH is 1. The summed E-state index contributed by atoms with van der Waals surface area (Å²) in [5.74, 6) is 0.168. The molecule has 1 aliphatic carbocycles. The quantitative estimate of drug-likeness (QED) is 0.721. The number of rotatable bonds is 5. The van der Waals surface area contributed by atoms with Crippen molar-refractivity contribution in [3.05, 3.63) is 27.7 Å². The number of thiazole rings is 1. The monoisotopic (exact) mass is 295 g/mol. The molecule has 0 saturated carbocycles. The Kier molecular flexibility index (Phi) is 5.14. The number of hydrogen-bond acceptors (Lipinski definition) is 4. The minimum Gasteiger partial charge on any atom is -0.396 e. The minimum atomic E-state index is -0.164. The highest BCUT2D eigenvalue weighted by Crippen LogP contribution is 2.17. The van der Waals surface area contributed by atoms with E-state index in [1.807, 2.05) is 19.1 Å². The third kappa shape index (κ3) is 4.05. The van der Waals surface area contributed by atoms with E-state index in [1.54, 1.807) is 11.3 Å². The van der Waals surface area contributed by atoms with Crippen LogP contribution >= 0.6 is 11.3 Å². The highest BCUT2D eigenvalue weighted by molar-refractivity contribution is 7.11. The van der Waals surface area contributed by atoms with Crippen LogP contribution in [0.3, 0.4) is 0 Å². The SMILES string of the molecule is Cc1nc(CCNC(=O)N[C@@H]2C=C[C@H](CO)C2)sc1C. The smallest absolute Gasteiger partial charge is 0.315 e. The Labute approximate surface area is 123 Å². The number of carbonyl (C=O) groups is 1. The van der Waals surface area contributed by atoms with Crippen molar-refractivity contribution in [2.75, 3.05) is 13.2 Å². The van der Waals surface area contributed by atoms with Crippen LogP contribution in [0.15, 0.2) is 12.2 Å². The van der Waals surface area contributed by atoms with Crippen LogP contribution in [0, 0.1) is 19.8 Å². The molecule has 0 saturated heterocycles. The number of aliphatic hydroxyl groups is 1. The number of nitrogens with zero attached hydrogens (tertiary/aromatic N) is 1. The van der Waals surface area contributed by atoms with Gasteiger partial charge in [0.25, 0.3) is 0 Å². The topological polar surface area (TPSA) is 74.2 Å². The second-order valence-electron chi connectivity index (χ2n) is 5.07. The largest absolute Gasteiger partial charge is 0.396 e. The molecule has 0 aliphatic heterocycles. The zero-order valence-electron chi connectivity index (χ0n) is 11.8. The molecule has 1 heterocycles. The lowest BCUT2D eigenvalue weighted by Gasteiger charge is -2.13. The molecule has 0 radical (unpaired) electrons. The summed E-state index contributed by atoms with van der Waals surface area (Å²) in [4.78, 5) is 17.4. The fourth-order valence-corrected chi connectivity index (χ4v) is 3.10. The first kappa shape index (κ1) is 15.0. The van der Waals surface area contributed by atoms with Crippen molar-refractivity contribution >= 4 is 17.4 Å². The maximum atomic E-state index is 11.7. The van der Waals surface area contributed by atoms with Gasteiger partial charge in [0.1, 0.15) is 0 Å². The molecule has 1 aromatic heterocycles. The van der Waals surface area contributed by atoms with Gasteiger partial charge in [-0.1, -0.05) is 12.2 Å². The highest BCUT2D eigenvalue weighted by Gasteiger charge is 2.19. The summed E-state index contributed by atoms with van der Waals surface area (Å²) < 4.78 is 0. The summed E-state index contributed by atoms with van der Waals surface area (Å²) in [6.45, 7) is 4.78. The summed E-state index contributed by atoms with van der Waals surface area (Å²) in [5, 5.41) is 15.8. The molecule has 2 rings (SSSR count). The second-order valence-corrected chi connectivity index (χ2v) is 6.36. The lowest BCUT2D eigenvalue weighted by Crippen LogP contribution is -2.41. The van der Waals surface area contributed by atoms with Crippen LogP contribution in [0.4, 0.5) is 4.79 Å². The third-order valence-electron chi connectivity index (χ3n) is 3.42. The first-order chi connectivity index (χ1) is 9.58. The van der Waals surface area contributed by atoms with Gasteiger partial charge in [0.15, 0.2) is 0 Å². The summed E-state index contributed by atoms with van der Waals surface area (Å²) in [6, 6.07) is -0.139. The van der Waals surface area contributed by atoms with Gasteiger partial charge in [0.05, 0.1) is 10.7 Å². The fraction of sp³-hybridized carbons (Fsp3) is 0.571. The Morgan fingerprint density at radius 1 is 1.50 bits per heavy atom. The van der Waals surface area contributed by atoms with Crippen molar-refractivity contribution in [2.45, 2.75) is 32.7 Å². The van der Waals surface area contributed by atoms with Crippen molar-refractivity contribution in [1.29, 1.82) is 0 Å². The number of amides is 2. The van der Waals surface area contributed by atoms with Crippen molar-refractivity contribution in [1.82, 2.24) is 15.6 Å². The van der Waals surface area contributed by atoms with Crippen molar-refractivity contribution in [2.24, 2.45) is 5.92 Å². The molecule has 6 heteroatoms. The van der Waals surface area contributed by atoms with Gasteiger partial charge in [-0.2, -0.15) is 0 Å². The number of urea groups is 1. The first-order valence-corrected chi connectivity index (χ1v) is 7.66. The van der Waals surface area contributed by atoms with E-state index in [2.05, 4.69) is 22.5 Å². The van der Waals surface area contributed by atoms with E-state index in [4.69, 9.17) is 5.11 Å². The zero-order chi connectivity index (χ0) is 14.5. The fourth-order valence-electron chi connectivity index (χ4n) is 2.17. The predicted octanol–water partition coefficient (Wildman–Crippen LogP) is 1.54. The molecule has 1 aromatic rings. The van der Waals surface area contributed by atoms with Gasteiger partial charge < -0.3 is 15.7 Å². The highest BCUT2D eigenvalue weighted by atomic mass is 32.1. The zero-order valence-corrected chi connectivity index (χ0v) is 12.7. The molecule has 1 aliphatic rings. The molecule has 2 atom stereocenters.